The Morgan fingerprint density at radius 1 is 1.12 bits per heavy atom. The molecular weight excluding hydrogens is 318 g/mol. The van der Waals surface area contributed by atoms with E-state index in [1.54, 1.807) is 6.20 Å². The van der Waals surface area contributed by atoms with E-state index in [9.17, 15) is 0 Å². The number of aromatic nitrogens is 3. The molecule has 3 heterocycles. The van der Waals surface area contributed by atoms with Crippen LogP contribution in [0, 0.1) is 0 Å². The summed E-state index contributed by atoms with van der Waals surface area (Å²) in [6.45, 7) is 2.23. The van der Waals surface area contributed by atoms with Crippen LogP contribution in [0.25, 0.3) is 11.5 Å². The number of aryl methyl sites for hydroxylation is 2. The van der Waals surface area contributed by atoms with Crippen molar-refractivity contribution >= 4 is 0 Å². The van der Waals surface area contributed by atoms with Crippen LogP contribution in [0.5, 0.6) is 11.5 Å². The van der Waals surface area contributed by atoms with Crippen molar-refractivity contribution in [2.24, 2.45) is 0 Å². The Kier molecular flexibility index (Phi) is 3.07. The molecule has 1 unspecified atom stereocenters. The van der Waals surface area contributed by atoms with Gasteiger partial charge in [0.15, 0.2) is 11.5 Å². The van der Waals surface area contributed by atoms with Gasteiger partial charge in [0.05, 0.1) is 5.56 Å². The molecule has 6 nitrogen and oxygen atoms in total. The average molecular weight is 335 g/mol. The number of hydrogen-bond acceptors (Lipinski definition) is 6. The lowest BCUT2D eigenvalue weighted by atomic mass is 10.1. The first-order chi connectivity index (χ1) is 12.2. The molecule has 1 aliphatic carbocycles. The van der Waals surface area contributed by atoms with Crippen LogP contribution in [0.1, 0.15) is 30.4 Å². The predicted molar refractivity (Wildman–Crippen MR) is 89.5 cm³/mol. The maximum atomic E-state index is 6.10. The second-order valence-corrected chi connectivity index (χ2v) is 6.67. The third-order valence-electron chi connectivity index (χ3n) is 4.75. The number of ether oxygens (including phenoxy) is 2. The summed E-state index contributed by atoms with van der Waals surface area (Å²) in [4.78, 5) is 9.07. The third kappa shape index (κ3) is 2.36. The van der Waals surface area contributed by atoms with Crippen LogP contribution >= 0.6 is 0 Å². The highest BCUT2D eigenvalue weighted by atomic mass is 16.6. The average Bonchev–Trinajstić information content (AvgIpc) is 3.30. The van der Waals surface area contributed by atoms with Gasteiger partial charge < -0.3 is 14.0 Å². The van der Waals surface area contributed by atoms with Gasteiger partial charge in [-0.15, -0.1) is 0 Å². The van der Waals surface area contributed by atoms with Crippen LogP contribution in [-0.4, -0.2) is 21.7 Å². The maximum absolute atomic E-state index is 6.10. The van der Waals surface area contributed by atoms with E-state index in [0.29, 0.717) is 24.1 Å². The lowest BCUT2D eigenvalue weighted by Gasteiger charge is -2.32. The quantitative estimate of drug-likeness (QED) is 0.715. The fourth-order valence-electron chi connectivity index (χ4n) is 3.35. The fraction of sp³-hybridized carbons (Fsp3) is 0.316. The van der Waals surface area contributed by atoms with Gasteiger partial charge in [-0.2, -0.15) is 4.98 Å². The number of rotatable bonds is 2. The zero-order valence-corrected chi connectivity index (χ0v) is 13.9. The summed E-state index contributed by atoms with van der Waals surface area (Å²) in [5, 5.41) is 4.14. The molecule has 2 aliphatic rings. The van der Waals surface area contributed by atoms with Crippen molar-refractivity contribution in [3.63, 3.8) is 0 Å². The van der Waals surface area contributed by atoms with Gasteiger partial charge in [0.1, 0.15) is 6.61 Å². The minimum absolute atomic E-state index is 0.325. The van der Waals surface area contributed by atoms with E-state index in [0.717, 1.165) is 30.6 Å². The van der Waals surface area contributed by atoms with Gasteiger partial charge in [-0.05, 0) is 49.9 Å². The molecule has 1 aromatic carbocycles. The van der Waals surface area contributed by atoms with Gasteiger partial charge in [0, 0.05) is 11.9 Å². The van der Waals surface area contributed by atoms with E-state index >= 15 is 0 Å². The molecule has 3 aromatic rings. The van der Waals surface area contributed by atoms with Gasteiger partial charge in [0.2, 0.25) is 11.4 Å². The molecule has 0 N–H and O–H groups in total. The van der Waals surface area contributed by atoms with E-state index in [1.807, 2.05) is 31.2 Å². The van der Waals surface area contributed by atoms with Gasteiger partial charge in [-0.1, -0.05) is 17.3 Å². The van der Waals surface area contributed by atoms with Crippen LogP contribution in [0.15, 0.2) is 41.1 Å². The Morgan fingerprint density at radius 2 is 2.00 bits per heavy atom. The molecule has 1 aliphatic heterocycles. The molecule has 6 heteroatoms. The molecule has 1 atom stereocenters. The van der Waals surface area contributed by atoms with Crippen molar-refractivity contribution in [2.45, 2.75) is 31.8 Å². The van der Waals surface area contributed by atoms with E-state index in [-0.39, 0.29) is 0 Å². The molecule has 126 valence electrons. The standard InChI is InChI=1S/C19H17N3O3/c1-19(11-23-15-7-2-3-8-16(15)24-19)18-21-17(25-22-18)13-9-12-5-4-6-14(12)20-10-13/h2-3,7-10H,4-6,11H2,1H3. The number of fused-ring (bicyclic) bond motifs is 2. The Labute approximate surface area is 144 Å². The summed E-state index contributed by atoms with van der Waals surface area (Å²) in [5.74, 6) is 2.34. The van der Waals surface area contributed by atoms with Crippen LogP contribution < -0.4 is 9.47 Å². The molecular formula is C19H17N3O3. The highest BCUT2D eigenvalue weighted by molar-refractivity contribution is 5.54. The molecule has 0 saturated heterocycles. The van der Waals surface area contributed by atoms with Crippen molar-refractivity contribution in [2.75, 3.05) is 6.61 Å². The Morgan fingerprint density at radius 3 is 2.92 bits per heavy atom. The SMILES string of the molecule is CC1(c2noc(-c3cnc4c(c3)CCC4)n2)COc2ccccc2O1. The number of para-hydroxylation sites is 2. The van der Waals surface area contributed by atoms with Gasteiger partial charge in [0.25, 0.3) is 5.89 Å². The third-order valence-corrected chi connectivity index (χ3v) is 4.75. The van der Waals surface area contributed by atoms with Crippen LogP contribution in [0.3, 0.4) is 0 Å². The smallest absolute Gasteiger partial charge is 0.259 e. The first-order valence-electron chi connectivity index (χ1n) is 8.44. The number of benzene rings is 1. The predicted octanol–water partition coefficient (Wildman–Crippen LogP) is 3.31. The summed E-state index contributed by atoms with van der Waals surface area (Å²) >= 11 is 0. The summed E-state index contributed by atoms with van der Waals surface area (Å²) < 4.78 is 17.4. The largest absolute Gasteiger partial charge is 0.485 e. The van der Waals surface area contributed by atoms with E-state index in [4.69, 9.17) is 14.0 Å². The molecule has 0 saturated carbocycles. The summed E-state index contributed by atoms with van der Waals surface area (Å²) in [5.41, 5.74) is 2.51. The number of pyridine rings is 1. The number of hydrogen-bond donors (Lipinski definition) is 0. The van der Waals surface area contributed by atoms with Crippen molar-refractivity contribution < 1.29 is 14.0 Å². The maximum Gasteiger partial charge on any atom is 0.259 e. The molecule has 25 heavy (non-hydrogen) atoms. The van der Waals surface area contributed by atoms with Crippen molar-refractivity contribution in [1.82, 2.24) is 15.1 Å². The molecule has 5 rings (SSSR count). The van der Waals surface area contributed by atoms with Crippen LogP contribution in [0.4, 0.5) is 0 Å². The molecule has 0 fully saturated rings. The van der Waals surface area contributed by atoms with Crippen LogP contribution in [-0.2, 0) is 18.4 Å². The van der Waals surface area contributed by atoms with Crippen LogP contribution in [0.2, 0.25) is 0 Å². The highest BCUT2D eigenvalue weighted by Crippen LogP contribution is 2.39. The monoisotopic (exact) mass is 335 g/mol. The Bertz CT molecular complexity index is 953. The lowest BCUT2D eigenvalue weighted by Crippen LogP contribution is -2.40. The topological polar surface area (TPSA) is 70.3 Å². The molecule has 0 bridgehead atoms. The van der Waals surface area contributed by atoms with Gasteiger partial charge >= 0.3 is 0 Å². The minimum atomic E-state index is -0.791. The minimum Gasteiger partial charge on any atom is -0.485 e. The lowest BCUT2D eigenvalue weighted by molar-refractivity contribution is -0.00588. The first-order valence-corrected chi connectivity index (χ1v) is 8.44. The summed E-state index contributed by atoms with van der Waals surface area (Å²) in [6, 6.07) is 9.68. The second kappa shape index (κ2) is 5.31. The fourth-order valence-corrected chi connectivity index (χ4v) is 3.35. The molecule has 0 radical (unpaired) electrons. The number of nitrogens with zero attached hydrogens (tertiary/aromatic N) is 3. The summed E-state index contributed by atoms with van der Waals surface area (Å²) in [6.07, 6.45) is 5.07. The van der Waals surface area contributed by atoms with E-state index in [2.05, 4.69) is 21.2 Å². The Hall–Kier alpha value is -2.89. The molecule has 0 spiro atoms. The molecule has 0 amide bonds. The Balaban J connectivity index is 1.47. The normalized spacial score (nSPS) is 21.2. The zero-order valence-electron chi connectivity index (χ0n) is 13.9. The zero-order chi connectivity index (χ0) is 16.9. The van der Waals surface area contributed by atoms with Crippen molar-refractivity contribution in [3.05, 3.63) is 53.6 Å². The van der Waals surface area contributed by atoms with Crippen molar-refractivity contribution in [3.8, 4) is 23.0 Å². The van der Waals surface area contributed by atoms with E-state index in [1.165, 1.54) is 11.3 Å². The highest BCUT2D eigenvalue weighted by Gasteiger charge is 2.39. The molecule has 2 aromatic heterocycles. The summed E-state index contributed by atoms with van der Waals surface area (Å²) in [7, 11) is 0. The first kappa shape index (κ1) is 14.5. The van der Waals surface area contributed by atoms with E-state index < -0.39 is 5.60 Å². The van der Waals surface area contributed by atoms with Crippen molar-refractivity contribution in [1.29, 1.82) is 0 Å². The van der Waals surface area contributed by atoms with Gasteiger partial charge in [-0.3, -0.25) is 4.98 Å². The van der Waals surface area contributed by atoms with Gasteiger partial charge in [-0.25, -0.2) is 0 Å². The second-order valence-electron chi connectivity index (χ2n) is 6.67.